The highest BCUT2D eigenvalue weighted by atomic mass is 16.5. The van der Waals surface area contributed by atoms with E-state index < -0.39 is 0 Å². The minimum Gasteiger partial charge on any atom is -0.508 e. The van der Waals surface area contributed by atoms with Gasteiger partial charge in [-0.05, 0) is 37.6 Å². The smallest absolute Gasteiger partial charge is 0.120 e. The molecule has 0 amide bonds. The Morgan fingerprint density at radius 3 is 2.20 bits per heavy atom. The lowest BCUT2D eigenvalue weighted by Gasteiger charge is -2.21. The normalized spacial score (nSPS) is 13.8. The molecular weight excluding hydrogens is 250 g/mol. The van der Waals surface area contributed by atoms with Gasteiger partial charge >= 0.3 is 0 Å². The summed E-state index contributed by atoms with van der Waals surface area (Å²) in [4.78, 5) is 0. The number of hydrogen-bond donors (Lipinski definition) is 2. The van der Waals surface area contributed by atoms with Crippen LogP contribution in [0.3, 0.4) is 0 Å². The zero-order chi connectivity index (χ0) is 14.5. The number of benzene rings is 2. The van der Waals surface area contributed by atoms with Gasteiger partial charge in [0.05, 0.1) is 7.11 Å². The summed E-state index contributed by atoms with van der Waals surface area (Å²) in [6.07, 6.45) is 0. The van der Waals surface area contributed by atoms with Crippen molar-refractivity contribution in [3.8, 4) is 11.5 Å². The van der Waals surface area contributed by atoms with Crippen LogP contribution >= 0.6 is 0 Å². The van der Waals surface area contributed by atoms with Crippen molar-refractivity contribution >= 4 is 0 Å². The first kappa shape index (κ1) is 14.4. The molecule has 20 heavy (non-hydrogen) atoms. The minimum atomic E-state index is 0.0771. The monoisotopic (exact) mass is 271 g/mol. The van der Waals surface area contributed by atoms with Crippen molar-refractivity contribution in [3.05, 3.63) is 59.7 Å². The molecule has 2 aromatic carbocycles. The highest BCUT2D eigenvalue weighted by Gasteiger charge is 2.13. The van der Waals surface area contributed by atoms with Crippen LogP contribution in [-0.2, 0) is 0 Å². The second-order valence-corrected chi connectivity index (χ2v) is 4.94. The Kier molecular flexibility index (Phi) is 4.64. The first-order chi connectivity index (χ1) is 9.61. The van der Waals surface area contributed by atoms with Gasteiger partial charge in [-0.25, -0.2) is 0 Å². The highest BCUT2D eigenvalue weighted by Crippen LogP contribution is 2.26. The molecule has 0 spiro atoms. The van der Waals surface area contributed by atoms with Gasteiger partial charge in [-0.2, -0.15) is 0 Å². The second kappa shape index (κ2) is 6.44. The third-order valence-electron chi connectivity index (χ3n) is 3.52. The second-order valence-electron chi connectivity index (χ2n) is 4.94. The van der Waals surface area contributed by atoms with Crippen LogP contribution in [-0.4, -0.2) is 12.2 Å². The van der Waals surface area contributed by atoms with E-state index in [0.717, 1.165) is 11.3 Å². The van der Waals surface area contributed by atoms with Gasteiger partial charge in [0.15, 0.2) is 0 Å². The SMILES string of the molecule is COc1ccc(C(C)NC(C)c2ccccc2O)cc1. The molecule has 2 rings (SSSR count). The van der Waals surface area contributed by atoms with Gasteiger partial charge < -0.3 is 15.2 Å². The number of phenols is 1. The number of hydrogen-bond acceptors (Lipinski definition) is 3. The summed E-state index contributed by atoms with van der Waals surface area (Å²) in [5.41, 5.74) is 2.10. The van der Waals surface area contributed by atoms with E-state index in [-0.39, 0.29) is 12.1 Å². The molecule has 0 saturated heterocycles. The zero-order valence-corrected chi connectivity index (χ0v) is 12.1. The Labute approximate surface area is 120 Å². The topological polar surface area (TPSA) is 41.5 Å². The maximum Gasteiger partial charge on any atom is 0.120 e. The first-order valence-electron chi connectivity index (χ1n) is 6.79. The lowest BCUT2D eigenvalue weighted by atomic mass is 10.0. The van der Waals surface area contributed by atoms with E-state index in [0.29, 0.717) is 5.75 Å². The Morgan fingerprint density at radius 1 is 0.950 bits per heavy atom. The van der Waals surface area contributed by atoms with Crippen molar-refractivity contribution in [3.63, 3.8) is 0 Å². The van der Waals surface area contributed by atoms with Gasteiger partial charge in [0, 0.05) is 17.6 Å². The zero-order valence-electron chi connectivity index (χ0n) is 12.1. The number of ether oxygens (including phenoxy) is 1. The fourth-order valence-corrected chi connectivity index (χ4v) is 2.31. The van der Waals surface area contributed by atoms with Crippen molar-refractivity contribution in [2.45, 2.75) is 25.9 Å². The average molecular weight is 271 g/mol. The van der Waals surface area contributed by atoms with Gasteiger partial charge in [0.2, 0.25) is 0 Å². The molecule has 3 heteroatoms. The van der Waals surface area contributed by atoms with E-state index in [4.69, 9.17) is 4.74 Å². The highest BCUT2D eigenvalue weighted by molar-refractivity contribution is 5.35. The lowest BCUT2D eigenvalue weighted by Crippen LogP contribution is -2.22. The van der Waals surface area contributed by atoms with Crippen molar-refractivity contribution in [2.24, 2.45) is 0 Å². The number of rotatable bonds is 5. The Morgan fingerprint density at radius 2 is 1.60 bits per heavy atom. The maximum atomic E-state index is 9.88. The predicted molar refractivity (Wildman–Crippen MR) is 81.1 cm³/mol. The van der Waals surface area contributed by atoms with Crippen LogP contribution in [0, 0.1) is 0 Å². The molecule has 0 aliphatic rings. The van der Waals surface area contributed by atoms with Gasteiger partial charge in [-0.1, -0.05) is 30.3 Å². The molecule has 2 aromatic rings. The van der Waals surface area contributed by atoms with Gasteiger partial charge in [-0.3, -0.25) is 0 Å². The van der Waals surface area contributed by atoms with Crippen molar-refractivity contribution in [1.29, 1.82) is 0 Å². The summed E-state index contributed by atoms with van der Waals surface area (Å²) in [5, 5.41) is 13.4. The molecule has 0 heterocycles. The number of nitrogens with one attached hydrogen (secondary N) is 1. The van der Waals surface area contributed by atoms with Gasteiger partial charge in [-0.15, -0.1) is 0 Å². The van der Waals surface area contributed by atoms with E-state index >= 15 is 0 Å². The summed E-state index contributed by atoms with van der Waals surface area (Å²) in [7, 11) is 1.66. The molecule has 0 bridgehead atoms. The van der Waals surface area contributed by atoms with Gasteiger partial charge in [0.1, 0.15) is 11.5 Å². The third kappa shape index (κ3) is 3.31. The van der Waals surface area contributed by atoms with E-state index in [1.807, 2.05) is 42.5 Å². The van der Waals surface area contributed by atoms with Crippen molar-refractivity contribution in [2.75, 3.05) is 7.11 Å². The van der Waals surface area contributed by atoms with Crippen LogP contribution in [0.4, 0.5) is 0 Å². The summed E-state index contributed by atoms with van der Waals surface area (Å²) in [6.45, 7) is 4.16. The Bertz CT molecular complexity index is 551. The molecule has 2 unspecified atom stereocenters. The molecule has 3 nitrogen and oxygen atoms in total. The Balaban J connectivity index is 2.06. The number of para-hydroxylation sites is 1. The molecule has 106 valence electrons. The van der Waals surface area contributed by atoms with E-state index in [1.54, 1.807) is 13.2 Å². The van der Waals surface area contributed by atoms with Crippen molar-refractivity contribution in [1.82, 2.24) is 5.32 Å². The number of aromatic hydroxyl groups is 1. The summed E-state index contributed by atoms with van der Waals surface area (Å²) >= 11 is 0. The molecule has 2 N–H and O–H groups in total. The summed E-state index contributed by atoms with van der Waals surface area (Å²) in [5.74, 6) is 1.18. The predicted octanol–water partition coefficient (Wildman–Crippen LogP) is 3.81. The number of phenolic OH excluding ortho intramolecular Hbond substituents is 1. The molecule has 0 aromatic heterocycles. The largest absolute Gasteiger partial charge is 0.508 e. The molecule has 2 atom stereocenters. The first-order valence-corrected chi connectivity index (χ1v) is 6.79. The number of methoxy groups -OCH3 is 1. The molecular formula is C17H21NO2. The van der Waals surface area contributed by atoms with Crippen LogP contribution in [0.25, 0.3) is 0 Å². The fourth-order valence-electron chi connectivity index (χ4n) is 2.31. The fraction of sp³-hybridized carbons (Fsp3) is 0.294. The molecule has 0 aliphatic heterocycles. The van der Waals surface area contributed by atoms with Crippen LogP contribution in [0.2, 0.25) is 0 Å². The third-order valence-corrected chi connectivity index (χ3v) is 3.52. The van der Waals surface area contributed by atoms with E-state index in [9.17, 15) is 5.11 Å². The average Bonchev–Trinajstić information content (AvgIpc) is 2.47. The Hall–Kier alpha value is -2.00. The van der Waals surface area contributed by atoms with Crippen LogP contribution in [0.1, 0.15) is 37.1 Å². The van der Waals surface area contributed by atoms with Crippen LogP contribution in [0.15, 0.2) is 48.5 Å². The lowest BCUT2D eigenvalue weighted by molar-refractivity contribution is 0.414. The van der Waals surface area contributed by atoms with Gasteiger partial charge in [0.25, 0.3) is 0 Å². The van der Waals surface area contributed by atoms with Crippen LogP contribution in [0.5, 0.6) is 11.5 Å². The summed E-state index contributed by atoms with van der Waals surface area (Å²) in [6, 6.07) is 15.7. The van der Waals surface area contributed by atoms with Crippen molar-refractivity contribution < 1.29 is 9.84 Å². The minimum absolute atomic E-state index is 0.0771. The summed E-state index contributed by atoms with van der Waals surface area (Å²) < 4.78 is 5.16. The molecule has 0 fully saturated rings. The van der Waals surface area contributed by atoms with E-state index in [2.05, 4.69) is 19.2 Å². The molecule has 0 saturated carbocycles. The molecule has 0 radical (unpaired) electrons. The maximum absolute atomic E-state index is 9.88. The standard InChI is InChI=1S/C17H21NO2/c1-12(14-8-10-15(20-3)11-9-14)18-13(2)16-6-4-5-7-17(16)19/h4-13,18-19H,1-3H3. The molecule has 0 aliphatic carbocycles. The van der Waals surface area contributed by atoms with Crippen LogP contribution < -0.4 is 10.1 Å². The quantitative estimate of drug-likeness (QED) is 0.868. The van der Waals surface area contributed by atoms with E-state index in [1.165, 1.54) is 5.56 Å².